The Balaban J connectivity index is 2.22. The fourth-order valence-electron chi connectivity index (χ4n) is 1.18. The largest absolute Gasteiger partial charge is 0.393 e. The monoisotopic (exact) mass is 269 g/mol. The number of hydrogen-bond donors (Lipinski definition) is 2. The van der Waals surface area contributed by atoms with Gasteiger partial charge in [-0.25, -0.2) is 15.0 Å². The number of halogens is 1. The lowest BCUT2D eigenvalue weighted by molar-refractivity contribution is 0.834. The number of rotatable bonds is 3. The zero-order valence-electron chi connectivity index (χ0n) is 9.44. The zero-order valence-corrected chi connectivity index (χ0v) is 11.0. The quantitative estimate of drug-likeness (QED) is 0.838. The molecule has 2 heterocycles. The van der Waals surface area contributed by atoms with Crippen LogP contribution in [0, 0.1) is 0 Å². The average molecular weight is 270 g/mol. The molecule has 0 aliphatic heterocycles. The highest BCUT2D eigenvalue weighted by Crippen LogP contribution is 2.28. The maximum atomic E-state index is 5.80. The summed E-state index contributed by atoms with van der Waals surface area (Å²) < 4.78 is 0. The molecular weight excluding hydrogens is 258 g/mol. The second-order valence-corrected chi connectivity index (χ2v) is 5.00. The number of nitrogens with two attached hydrogens (primary N) is 1. The van der Waals surface area contributed by atoms with Crippen molar-refractivity contribution in [1.82, 2.24) is 15.0 Å². The molecule has 0 bridgehead atoms. The van der Waals surface area contributed by atoms with E-state index in [1.54, 1.807) is 0 Å². The molecule has 3 N–H and O–H groups in total. The van der Waals surface area contributed by atoms with Crippen LogP contribution < -0.4 is 11.1 Å². The summed E-state index contributed by atoms with van der Waals surface area (Å²) in [5.74, 6) is 0.878. The fourth-order valence-corrected chi connectivity index (χ4v) is 2.19. The average Bonchev–Trinajstić information content (AvgIpc) is 2.73. The van der Waals surface area contributed by atoms with E-state index in [4.69, 9.17) is 17.3 Å². The van der Waals surface area contributed by atoms with Gasteiger partial charge in [0.1, 0.15) is 12.0 Å². The van der Waals surface area contributed by atoms with Crippen molar-refractivity contribution in [2.24, 2.45) is 0 Å². The molecule has 0 spiro atoms. The number of nitrogens with zero attached hydrogens (tertiary/aromatic N) is 3. The van der Waals surface area contributed by atoms with E-state index >= 15 is 0 Å². The Morgan fingerprint density at radius 2 is 2.18 bits per heavy atom. The molecule has 0 saturated heterocycles. The lowest BCUT2D eigenvalue weighted by Crippen LogP contribution is -2.01. The highest BCUT2D eigenvalue weighted by Gasteiger charge is 2.09. The highest BCUT2D eigenvalue weighted by molar-refractivity contribution is 7.13. The van der Waals surface area contributed by atoms with Gasteiger partial charge < -0.3 is 11.1 Å². The minimum absolute atomic E-state index is 0.239. The van der Waals surface area contributed by atoms with Gasteiger partial charge in [0.15, 0.2) is 16.1 Å². The summed E-state index contributed by atoms with van der Waals surface area (Å²) in [4.78, 5) is 12.2. The first-order valence-corrected chi connectivity index (χ1v) is 6.32. The van der Waals surface area contributed by atoms with Crippen molar-refractivity contribution in [3.63, 3.8) is 0 Å². The number of hydrogen-bond acceptors (Lipinski definition) is 6. The second kappa shape index (κ2) is 4.85. The van der Waals surface area contributed by atoms with Crippen LogP contribution in [0.2, 0.25) is 5.15 Å². The summed E-state index contributed by atoms with van der Waals surface area (Å²) in [6.07, 6.45) is 1.36. The van der Waals surface area contributed by atoms with Gasteiger partial charge in [-0.05, 0) is 5.92 Å². The lowest BCUT2D eigenvalue weighted by atomic mass is 10.2. The molecule has 0 aliphatic carbocycles. The standard InChI is InChI=1S/C10H12ClN5S/c1-5(2)6-3-17-10(15-6)16-9-7(12)8(11)13-4-14-9/h3-5H,12H2,1-2H3,(H,13,14,15,16). The highest BCUT2D eigenvalue weighted by atomic mass is 35.5. The van der Waals surface area contributed by atoms with E-state index in [0.717, 1.165) is 10.8 Å². The Labute approximate surface area is 108 Å². The number of aromatic nitrogens is 3. The van der Waals surface area contributed by atoms with E-state index in [9.17, 15) is 0 Å². The second-order valence-electron chi connectivity index (χ2n) is 3.78. The Kier molecular flexibility index (Phi) is 3.44. The van der Waals surface area contributed by atoms with Gasteiger partial charge in [-0.15, -0.1) is 11.3 Å². The van der Waals surface area contributed by atoms with Crippen molar-refractivity contribution in [2.75, 3.05) is 11.1 Å². The van der Waals surface area contributed by atoms with Crippen molar-refractivity contribution in [2.45, 2.75) is 19.8 Å². The van der Waals surface area contributed by atoms with Gasteiger partial charge in [0.05, 0.1) is 5.69 Å². The molecule has 0 aliphatic rings. The molecule has 90 valence electrons. The van der Waals surface area contributed by atoms with E-state index in [0.29, 0.717) is 17.4 Å². The maximum Gasteiger partial charge on any atom is 0.188 e. The van der Waals surface area contributed by atoms with Crippen molar-refractivity contribution in [1.29, 1.82) is 0 Å². The molecule has 0 atom stereocenters. The maximum absolute atomic E-state index is 5.80. The summed E-state index contributed by atoms with van der Waals surface area (Å²) in [6, 6.07) is 0. The van der Waals surface area contributed by atoms with Gasteiger partial charge in [0.25, 0.3) is 0 Å². The van der Waals surface area contributed by atoms with Crippen LogP contribution >= 0.6 is 22.9 Å². The molecule has 0 saturated carbocycles. The molecule has 17 heavy (non-hydrogen) atoms. The smallest absolute Gasteiger partial charge is 0.188 e. The minimum Gasteiger partial charge on any atom is -0.393 e. The van der Waals surface area contributed by atoms with Crippen LogP contribution in [0.4, 0.5) is 16.6 Å². The number of anilines is 3. The molecule has 7 heteroatoms. The molecule has 0 aromatic carbocycles. The van der Waals surface area contributed by atoms with Crippen LogP contribution in [-0.4, -0.2) is 15.0 Å². The van der Waals surface area contributed by atoms with E-state index in [1.165, 1.54) is 17.7 Å². The lowest BCUT2D eigenvalue weighted by Gasteiger charge is -2.05. The predicted molar refractivity (Wildman–Crippen MR) is 70.9 cm³/mol. The van der Waals surface area contributed by atoms with Gasteiger partial charge in [-0.2, -0.15) is 0 Å². The minimum atomic E-state index is 0.239. The summed E-state index contributed by atoms with van der Waals surface area (Å²) >= 11 is 7.31. The zero-order chi connectivity index (χ0) is 12.4. The van der Waals surface area contributed by atoms with Gasteiger partial charge in [-0.3, -0.25) is 0 Å². The first-order chi connectivity index (χ1) is 8.08. The van der Waals surface area contributed by atoms with Gasteiger partial charge in [0.2, 0.25) is 0 Å². The number of nitrogens with one attached hydrogen (secondary N) is 1. The predicted octanol–water partition coefficient (Wildman–Crippen LogP) is 3.04. The van der Waals surface area contributed by atoms with Crippen molar-refractivity contribution >= 4 is 39.6 Å². The third-order valence-corrected chi connectivity index (χ3v) is 3.25. The van der Waals surface area contributed by atoms with E-state index in [1.807, 2.05) is 5.38 Å². The van der Waals surface area contributed by atoms with Crippen LogP contribution in [0.15, 0.2) is 11.7 Å². The van der Waals surface area contributed by atoms with Crippen LogP contribution in [0.5, 0.6) is 0 Å². The summed E-state index contributed by atoms with van der Waals surface area (Å²) in [5.41, 5.74) is 7.12. The molecule has 0 radical (unpaired) electrons. The van der Waals surface area contributed by atoms with Gasteiger partial charge in [-0.1, -0.05) is 25.4 Å². The van der Waals surface area contributed by atoms with Crippen LogP contribution in [0.25, 0.3) is 0 Å². The molecule has 2 aromatic rings. The van der Waals surface area contributed by atoms with E-state index in [-0.39, 0.29) is 5.15 Å². The Hall–Kier alpha value is -1.40. The van der Waals surface area contributed by atoms with Gasteiger partial charge in [0, 0.05) is 5.38 Å². The van der Waals surface area contributed by atoms with E-state index in [2.05, 4.69) is 34.1 Å². The number of nitrogen functional groups attached to an aromatic ring is 1. The van der Waals surface area contributed by atoms with Gasteiger partial charge >= 0.3 is 0 Å². The fraction of sp³-hybridized carbons (Fsp3) is 0.300. The SMILES string of the molecule is CC(C)c1csc(Nc2ncnc(Cl)c2N)n1. The third-order valence-electron chi connectivity index (χ3n) is 2.17. The first-order valence-electron chi connectivity index (χ1n) is 5.06. The van der Waals surface area contributed by atoms with Crippen LogP contribution in [0.1, 0.15) is 25.5 Å². The third kappa shape index (κ3) is 2.65. The topological polar surface area (TPSA) is 76.7 Å². The first kappa shape index (κ1) is 12.1. The van der Waals surface area contributed by atoms with Crippen molar-refractivity contribution < 1.29 is 0 Å². The Morgan fingerprint density at radius 3 is 2.82 bits per heavy atom. The summed E-state index contributed by atoms with van der Waals surface area (Å²) in [5, 5.41) is 6.03. The number of thiazole rings is 1. The molecule has 0 fully saturated rings. The molecular formula is C10H12ClN5S. The molecule has 2 aromatic heterocycles. The summed E-state index contributed by atoms with van der Waals surface area (Å²) in [6.45, 7) is 4.18. The normalized spacial score (nSPS) is 10.8. The van der Waals surface area contributed by atoms with Crippen LogP contribution in [0.3, 0.4) is 0 Å². The summed E-state index contributed by atoms with van der Waals surface area (Å²) in [7, 11) is 0. The van der Waals surface area contributed by atoms with Crippen molar-refractivity contribution in [3.05, 3.63) is 22.6 Å². The van der Waals surface area contributed by atoms with Crippen molar-refractivity contribution in [3.8, 4) is 0 Å². The van der Waals surface area contributed by atoms with Crippen LogP contribution in [-0.2, 0) is 0 Å². The molecule has 0 unspecified atom stereocenters. The molecule has 2 rings (SSSR count). The Morgan fingerprint density at radius 1 is 1.41 bits per heavy atom. The molecule has 5 nitrogen and oxygen atoms in total. The Bertz CT molecular complexity index is 525. The van der Waals surface area contributed by atoms with E-state index < -0.39 is 0 Å². The molecule has 0 amide bonds.